The first-order valence-electron chi connectivity index (χ1n) is 11.0. The van der Waals surface area contributed by atoms with Crippen molar-refractivity contribution in [3.63, 3.8) is 0 Å². The number of fused-ring (bicyclic) bond motifs is 2. The molecule has 12 nitrogen and oxygen atoms in total. The number of hydrogen-bond acceptors (Lipinski definition) is 8. The summed E-state index contributed by atoms with van der Waals surface area (Å²) in [5.41, 5.74) is 0.0636. The van der Waals surface area contributed by atoms with E-state index in [0.29, 0.717) is 12.2 Å². The van der Waals surface area contributed by atoms with Gasteiger partial charge in [0.1, 0.15) is 22.5 Å². The molecule has 2 aromatic rings. The molecule has 0 unspecified atom stereocenters. The summed E-state index contributed by atoms with van der Waals surface area (Å²) in [6, 6.07) is 5.48. The highest BCUT2D eigenvalue weighted by Crippen LogP contribution is 2.47. The highest BCUT2D eigenvalue weighted by atomic mass is 32.2. The number of methoxy groups -OCH3 is 1. The zero-order valence-electron chi connectivity index (χ0n) is 19.2. The second-order valence-electron chi connectivity index (χ2n) is 8.53. The first kappa shape index (κ1) is 25.8. The molecule has 0 spiro atoms. The second kappa shape index (κ2) is 9.97. The van der Waals surface area contributed by atoms with E-state index in [1.165, 1.54) is 49.0 Å². The van der Waals surface area contributed by atoms with Gasteiger partial charge in [-0.1, -0.05) is 0 Å². The standard InChI is InChI=1S/C22H25FN4O8S/c1-34-11-10-22-9-8-15(27(22)21(29)30)13-26(19(22)20(28)25-31)36(32,33)17-6-7-18(24-12-17)35-16-4-2-14(23)3-5-16/h2-7,12,15,19,31H,8-11,13H2,1H3,(H,25,28)(H,29,30)/t15-,19+,22+/m1/s1. The van der Waals surface area contributed by atoms with Crippen LogP contribution >= 0.6 is 0 Å². The van der Waals surface area contributed by atoms with Crippen molar-refractivity contribution in [2.24, 2.45) is 0 Å². The van der Waals surface area contributed by atoms with Crippen LogP contribution in [0.4, 0.5) is 9.18 Å². The van der Waals surface area contributed by atoms with Gasteiger partial charge in [0.25, 0.3) is 5.91 Å². The number of aromatic nitrogens is 1. The van der Waals surface area contributed by atoms with Crippen LogP contribution in [-0.4, -0.2) is 82.8 Å². The van der Waals surface area contributed by atoms with Crippen molar-refractivity contribution >= 4 is 22.0 Å². The number of benzene rings is 1. The number of amides is 2. The number of ether oxygens (including phenoxy) is 2. The third-order valence-electron chi connectivity index (χ3n) is 6.60. The molecule has 3 heterocycles. The van der Waals surface area contributed by atoms with Crippen molar-refractivity contribution in [1.82, 2.24) is 19.7 Å². The van der Waals surface area contributed by atoms with Crippen LogP contribution in [-0.2, 0) is 19.6 Å². The fourth-order valence-corrected chi connectivity index (χ4v) is 6.71. The van der Waals surface area contributed by atoms with E-state index < -0.39 is 45.5 Å². The fraction of sp³-hybridized carbons (Fsp3) is 0.409. The number of halogens is 1. The Hall–Kier alpha value is -3.33. The predicted molar refractivity (Wildman–Crippen MR) is 120 cm³/mol. The van der Waals surface area contributed by atoms with Gasteiger partial charge in [0.2, 0.25) is 15.9 Å². The Labute approximate surface area is 206 Å². The molecular formula is C22H25FN4O8S. The molecule has 194 valence electrons. The summed E-state index contributed by atoms with van der Waals surface area (Å²) in [4.78, 5) is 29.9. The normalized spacial score (nSPS) is 23.9. The number of carbonyl (C=O) groups is 2. The number of nitrogens with one attached hydrogen (secondary N) is 1. The molecule has 1 aromatic heterocycles. The van der Waals surface area contributed by atoms with Gasteiger partial charge in [-0.05, 0) is 49.6 Å². The number of pyridine rings is 1. The van der Waals surface area contributed by atoms with Crippen LogP contribution < -0.4 is 10.2 Å². The number of carboxylic acid groups (broad SMARTS) is 1. The molecule has 2 fully saturated rings. The van der Waals surface area contributed by atoms with Crippen molar-refractivity contribution in [3.8, 4) is 11.6 Å². The van der Waals surface area contributed by atoms with E-state index in [1.54, 1.807) is 0 Å². The summed E-state index contributed by atoms with van der Waals surface area (Å²) >= 11 is 0. The molecule has 4 rings (SSSR count). The number of piperazine rings is 1. The molecule has 2 saturated heterocycles. The largest absolute Gasteiger partial charge is 0.465 e. The summed E-state index contributed by atoms with van der Waals surface area (Å²) in [5.74, 6) is -1.15. The van der Waals surface area contributed by atoms with Crippen molar-refractivity contribution in [1.29, 1.82) is 0 Å². The summed E-state index contributed by atoms with van der Waals surface area (Å²) in [7, 11) is -2.96. The maximum Gasteiger partial charge on any atom is 0.408 e. The molecule has 2 bridgehead atoms. The van der Waals surface area contributed by atoms with Crippen molar-refractivity contribution in [2.75, 3.05) is 20.3 Å². The van der Waals surface area contributed by atoms with Gasteiger partial charge in [-0.15, -0.1) is 0 Å². The molecular weight excluding hydrogens is 499 g/mol. The summed E-state index contributed by atoms with van der Waals surface area (Å²) < 4.78 is 52.0. The summed E-state index contributed by atoms with van der Waals surface area (Å²) in [6.45, 7) is -0.216. The third-order valence-corrected chi connectivity index (χ3v) is 8.41. The fourth-order valence-electron chi connectivity index (χ4n) is 5.07. The molecule has 1 aromatic carbocycles. The van der Waals surface area contributed by atoms with E-state index in [0.717, 1.165) is 15.4 Å². The molecule has 0 radical (unpaired) electrons. The van der Waals surface area contributed by atoms with Crippen molar-refractivity contribution in [2.45, 2.75) is 41.8 Å². The summed E-state index contributed by atoms with van der Waals surface area (Å²) in [5, 5.41) is 19.4. The van der Waals surface area contributed by atoms with Crippen LogP contribution in [0.3, 0.4) is 0 Å². The smallest absolute Gasteiger partial charge is 0.408 e. The lowest BCUT2D eigenvalue weighted by Crippen LogP contribution is -2.72. The van der Waals surface area contributed by atoms with Gasteiger partial charge >= 0.3 is 6.09 Å². The van der Waals surface area contributed by atoms with E-state index in [-0.39, 0.29) is 36.8 Å². The highest BCUT2D eigenvalue weighted by molar-refractivity contribution is 7.89. The van der Waals surface area contributed by atoms with Crippen molar-refractivity contribution < 1.29 is 42.2 Å². The molecule has 2 amide bonds. The average molecular weight is 525 g/mol. The van der Waals surface area contributed by atoms with Gasteiger partial charge in [-0.2, -0.15) is 4.31 Å². The van der Waals surface area contributed by atoms with Gasteiger partial charge in [-0.25, -0.2) is 28.1 Å². The van der Waals surface area contributed by atoms with E-state index in [1.807, 2.05) is 0 Å². The first-order valence-corrected chi connectivity index (χ1v) is 12.4. The molecule has 2 aliphatic heterocycles. The maximum atomic E-state index is 13.7. The molecule has 36 heavy (non-hydrogen) atoms. The topological polar surface area (TPSA) is 159 Å². The van der Waals surface area contributed by atoms with E-state index in [2.05, 4.69) is 4.98 Å². The number of hydroxylamine groups is 1. The molecule has 14 heteroatoms. The maximum absolute atomic E-state index is 13.7. The number of nitrogens with zero attached hydrogens (tertiary/aromatic N) is 3. The minimum atomic E-state index is -4.37. The molecule has 3 N–H and O–H groups in total. The van der Waals surface area contributed by atoms with Crippen LogP contribution in [0.2, 0.25) is 0 Å². The minimum Gasteiger partial charge on any atom is -0.465 e. The summed E-state index contributed by atoms with van der Waals surface area (Å²) in [6.07, 6.45) is 0.347. The second-order valence-corrected chi connectivity index (χ2v) is 10.4. The molecule has 0 aliphatic carbocycles. The van der Waals surface area contributed by atoms with E-state index in [4.69, 9.17) is 9.47 Å². The lowest BCUT2D eigenvalue weighted by atomic mass is 9.83. The quantitative estimate of drug-likeness (QED) is 0.346. The predicted octanol–water partition coefficient (Wildman–Crippen LogP) is 1.81. The van der Waals surface area contributed by atoms with Crippen LogP contribution in [0, 0.1) is 5.82 Å². The molecule has 2 aliphatic rings. The SMILES string of the molecule is COCC[C@@]12CC[C@H](CN(S(=O)(=O)c3ccc(Oc4ccc(F)cc4)nc3)[C@H]1C(=O)NO)N2C(=O)O. The molecule has 3 atom stereocenters. The van der Waals surface area contributed by atoms with Crippen LogP contribution in [0.5, 0.6) is 11.6 Å². The zero-order chi connectivity index (χ0) is 26.1. The number of hydrogen-bond donors (Lipinski definition) is 3. The number of rotatable bonds is 8. The van der Waals surface area contributed by atoms with Crippen LogP contribution in [0.1, 0.15) is 19.3 Å². The third kappa shape index (κ3) is 4.48. The van der Waals surface area contributed by atoms with E-state index in [9.17, 15) is 32.7 Å². The zero-order valence-corrected chi connectivity index (χ0v) is 20.0. The van der Waals surface area contributed by atoms with E-state index >= 15 is 0 Å². The Morgan fingerprint density at radius 3 is 2.56 bits per heavy atom. The Bertz CT molecular complexity index is 1230. The Kier molecular flexibility index (Phi) is 7.13. The van der Waals surface area contributed by atoms with Crippen molar-refractivity contribution in [3.05, 3.63) is 48.4 Å². The Morgan fingerprint density at radius 1 is 1.25 bits per heavy atom. The van der Waals surface area contributed by atoms with Gasteiger partial charge in [0, 0.05) is 32.4 Å². The van der Waals surface area contributed by atoms with Gasteiger partial charge in [0.05, 0.1) is 11.7 Å². The Morgan fingerprint density at radius 2 is 1.97 bits per heavy atom. The van der Waals surface area contributed by atoms with Crippen LogP contribution in [0.25, 0.3) is 0 Å². The van der Waals surface area contributed by atoms with Gasteiger partial charge < -0.3 is 14.6 Å². The first-order chi connectivity index (χ1) is 17.1. The highest BCUT2D eigenvalue weighted by Gasteiger charge is 2.63. The lowest BCUT2D eigenvalue weighted by molar-refractivity contribution is -0.141. The van der Waals surface area contributed by atoms with Gasteiger partial charge in [0.15, 0.2) is 0 Å². The van der Waals surface area contributed by atoms with Crippen LogP contribution in [0.15, 0.2) is 47.5 Å². The lowest BCUT2D eigenvalue weighted by Gasteiger charge is -2.51. The average Bonchev–Trinajstić information content (AvgIpc) is 3.14. The molecule has 0 saturated carbocycles. The number of sulfonamides is 1. The van der Waals surface area contributed by atoms with Gasteiger partial charge in [-0.3, -0.25) is 14.9 Å². The minimum absolute atomic E-state index is 0.0408. The number of carbonyl (C=O) groups excluding carboxylic acids is 1. The Balaban J connectivity index is 1.68. The monoisotopic (exact) mass is 524 g/mol.